The largest absolute Gasteiger partial charge is 0.487 e. The predicted molar refractivity (Wildman–Crippen MR) is 129 cm³/mol. The zero-order valence-electron chi connectivity index (χ0n) is 19.9. The molecule has 0 radical (unpaired) electrons. The average Bonchev–Trinajstić information content (AvgIpc) is 3.16. The van der Waals surface area contributed by atoms with E-state index in [-0.39, 0.29) is 49.0 Å². The van der Waals surface area contributed by atoms with Crippen LogP contribution in [-0.4, -0.2) is 67.4 Å². The third-order valence-electron chi connectivity index (χ3n) is 6.33. The van der Waals surface area contributed by atoms with Gasteiger partial charge in [0.2, 0.25) is 11.8 Å². The zero-order valence-corrected chi connectivity index (χ0v) is 19.9. The number of nitrogens with one attached hydrogen (secondary N) is 2. The molecule has 2 aliphatic rings. The summed E-state index contributed by atoms with van der Waals surface area (Å²) in [5, 5.41) is 15.9. The van der Waals surface area contributed by atoms with Crippen molar-refractivity contribution in [1.29, 1.82) is 0 Å². The van der Waals surface area contributed by atoms with Gasteiger partial charge in [0.15, 0.2) is 0 Å². The first-order valence-electron chi connectivity index (χ1n) is 11.7. The van der Waals surface area contributed by atoms with Crippen LogP contribution < -0.4 is 15.4 Å². The molecule has 2 heterocycles. The van der Waals surface area contributed by atoms with E-state index in [0.717, 1.165) is 16.9 Å². The topological polar surface area (TPSA) is 100 Å². The van der Waals surface area contributed by atoms with Gasteiger partial charge < -0.3 is 30.1 Å². The molecule has 0 bridgehead atoms. The lowest BCUT2D eigenvalue weighted by Gasteiger charge is -2.37. The molecule has 4 rings (SSSR count). The number of hydrogen-bond donors (Lipinski definition) is 3. The molecule has 182 valence electrons. The Morgan fingerprint density at radius 2 is 1.91 bits per heavy atom. The molecular weight excluding hydrogens is 434 g/mol. The third-order valence-corrected chi connectivity index (χ3v) is 6.33. The maximum absolute atomic E-state index is 12.8. The van der Waals surface area contributed by atoms with Gasteiger partial charge in [-0.2, -0.15) is 0 Å². The Kier molecular flexibility index (Phi) is 7.50. The summed E-state index contributed by atoms with van der Waals surface area (Å²) in [5.74, 6) is 0.504. The van der Waals surface area contributed by atoms with Crippen LogP contribution in [0.1, 0.15) is 42.9 Å². The van der Waals surface area contributed by atoms with Crippen LogP contribution in [0.3, 0.4) is 0 Å². The summed E-state index contributed by atoms with van der Waals surface area (Å²) in [5.41, 5.74) is 2.71. The number of aliphatic hydroxyl groups excluding tert-OH is 1. The Morgan fingerprint density at radius 1 is 1.15 bits per heavy atom. The van der Waals surface area contributed by atoms with E-state index in [1.165, 1.54) is 0 Å². The number of anilines is 1. The molecule has 0 aliphatic carbocycles. The van der Waals surface area contributed by atoms with Crippen molar-refractivity contribution in [3.05, 3.63) is 59.7 Å². The highest BCUT2D eigenvalue weighted by molar-refractivity contribution is 5.92. The monoisotopic (exact) mass is 467 g/mol. The molecule has 2 aromatic carbocycles. The number of carbonyl (C=O) groups excluding carboxylic acids is 2. The number of nitrogens with zero attached hydrogens (tertiary/aromatic N) is 1. The highest BCUT2D eigenvalue weighted by atomic mass is 16.6. The Hall–Kier alpha value is -2.94. The quantitative estimate of drug-likeness (QED) is 0.552. The SMILES string of the molecule is C[C@H](NC(=O)C[C@H]1C[C@H]2c3cc(NC(=O)CN(C)C)ccc3O[C@H]2[C@@H](CO)O1)c1ccccc1. The van der Waals surface area contributed by atoms with E-state index >= 15 is 0 Å². The van der Waals surface area contributed by atoms with Crippen LogP contribution in [0.25, 0.3) is 0 Å². The second kappa shape index (κ2) is 10.5. The summed E-state index contributed by atoms with van der Waals surface area (Å²) in [7, 11) is 3.68. The summed E-state index contributed by atoms with van der Waals surface area (Å²) in [6, 6.07) is 15.3. The number of ether oxygens (including phenoxy) is 2. The Balaban J connectivity index is 1.43. The van der Waals surface area contributed by atoms with Crippen molar-refractivity contribution < 1.29 is 24.2 Å². The molecule has 0 saturated carbocycles. The van der Waals surface area contributed by atoms with E-state index < -0.39 is 6.10 Å². The lowest BCUT2D eigenvalue weighted by atomic mass is 9.84. The van der Waals surface area contributed by atoms with Crippen LogP contribution in [0.5, 0.6) is 5.75 Å². The van der Waals surface area contributed by atoms with Gasteiger partial charge in [0.05, 0.1) is 31.7 Å². The summed E-state index contributed by atoms with van der Waals surface area (Å²) in [6.07, 6.45) is -0.400. The maximum atomic E-state index is 12.8. The van der Waals surface area contributed by atoms with E-state index in [9.17, 15) is 14.7 Å². The normalized spacial score (nSPS) is 24.0. The second-order valence-corrected chi connectivity index (χ2v) is 9.35. The van der Waals surface area contributed by atoms with Crippen molar-refractivity contribution in [3.63, 3.8) is 0 Å². The molecule has 0 aromatic heterocycles. The number of carbonyl (C=O) groups is 2. The van der Waals surface area contributed by atoms with Crippen LogP contribution in [0, 0.1) is 0 Å². The van der Waals surface area contributed by atoms with E-state index in [1.807, 2.05) is 69.6 Å². The van der Waals surface area contributed by atoms with Gasteiger partial charge in [-0.15, -0.1) is 0 Å². The Bertz CT molecular complexity index is 1010. The fourth-order valence-electron chi connectivity index (χ4n) is 4.79. The average molecular weight is 468 g/mol. The maximum Gasteiger partial charge on any atom is 0.238 e. The molecule has 8 nitrogen and oxygen atoms in total. The predicted octanol–water partition coefficient (Wildman–Crippen LogP) is 2.45. The van der Waals surface area contributed by atoms with Crippen molar-refractivity contribution in [2.75, 3.05) is 32.6 Å². The van der Waals surface area contributed by atoms with E-state index in [1.54, 1.807) is 4.90 Å². The highest BCUT2D eigenvalue weighted by Crippen LogP contribution is 2.47. The molecule has 1 saturated heterocycles. The van der Waals surface area contributed by atoms with E-state index in [0.29, 0.717) is 18.7 Å². The minimum atomic E-state index is -0.526. The number of amides is 2. The molecule has 3 N–H and O–H groups in total. The Labute approximate surface area is 200 Å². The fraction of sp³-hybridized carbons (Fsp3) is 0.462. The third kappa shape index (κ3) is 5.58. The number of hydrogen-bond acceptors (Lipinski definition) is 6. The Morgan fingerprint density at radius 3 is 2.62 bits per heavy atom. The zero-order chi connectivity index (χ0) is 24.2. The lowest BCUT2D eigenvalue weighted by molar-refractivity contribution is -0.142. The van der Waals surface area contributed by atoms with Gasteiger partial charge in [0.1, 0.15) is 18.0 Å². The van der Waals surface area contributed by atoms with Crippen LogP contribution in [-0.2, 0) is 14.3 Å². The first-order chi connectivity index (χ1) is 16.3. The van der Waals surface area contributed by atoms with Crippen molar-refractivity contribution >= 4 is 17.5 Å². The molecule has 2 aliphatic heterocycles. The molecule has 2 aromatic rings. The number of likely N-dealkylation sites (N-methyl/N-ethyl adjacent to an activating group) is 1. The van der Waals surface area contributed by atoms with Crippen LogP contribution >= 0.6 is 0 Å². The standard InChI is InChI=1S/C26H33N3O5/c1-16(17-7-5-4-6-8-17)27-24(31)13-19-12-21-20-11-18(28-25(32)14-29(2)3)9-10-22(20)34-26(21)23(15-30)33-19/h4-11,16,19,21,23,26,30H,12-15H2,1-3H3,(H,27,31)(H,28,32)/t16-,19+,21-,23+,26+/m0/s1. The van der Waals surface area contributed by atoms with Crippen molar-refractivity contribution in [3.8, 4) is 5.75 Å². The summed E-state index contributed by atoms with van der Waals surface area (Å²) >= 11 is 0. The van der Waals surface area contributed by atoms with E-state index in [2.05, 4.69) is 10.6 Å². The summed E-state index contributed by atoms with van der Waals surface area (Å²) in [6.45, 7) is 2.05. The highest BCUT2D eigenvalue weighted by Gasteiger charge is 2.46. The molecule has 0 unspecified atom stereocenters. The summed E-state index contributed by atoms with van der Waals surface area (Å²) < 4.78 is 12.2. The van der Waals surface area contributed by atoms with Crippen LogP contribution in [0.15, 0.2) is 48.5 Å². The van der Waals surface area contributed by atoms with Gasteiger partial charge in [-0.25, -0.2) is 0 Å². The number of benzene rings is 2. The molecule has 5 atom stereocenters. The van der Waals surface area contributed by atoms with Crippen molar-refractivity contribution in [2.45, 2.75) is 50.0 Å². The van der Waals surface area contributed by atoms with E-state index in [4.69, 9.17) is 9.47 Å². The molecular formula is C26H33N3O5. The number of fused-ring (bicyclic) bond motifs is 3. The fourth-order valence-corrected chi connectivity index (χ4v) is 4.79. The van der Waals surface area contributed by atoms with Gasteiger partial charge in [-0.05, 0) is 51.2 Å². The first kappa shape index (κ1) is 24.2. The first-order valence-corrected chi connectivity index (χ1v) is 11.7. The van der Waals surface area contributed by atoms with Crippen molar-refractivity contribution in [2.24, 2.45) is 0 Å². The van der Waals surface area contributed by atoms with Gasteiger partial charge in [-0.3, -0.25) is 9.59 Å². The number of aliphatic hydroxyl groups is 1. The molecule has 34 heavy (non-hydrogen) atoms. The molecule has 1 fully saturated rings. The van der Waals surface area contributed by atoms with Gasteiger partial charge in [0.25, 0.3) is 0 Å². The minimum absolute atomic E-state index is 0.0315. The van der Waals surface area contributed by atoms with Gasteiger partial charge in [-0.1, -0.05) is 30.3 Å². The van der Waals surface area contributed by atoms with Crippen LogP contribution in [0.4, 0.5) is 5.69 Å². The lowest BCUT2D eigenvalue weighted by Crippen LogP contribution is -2.47. The minimum Gasteiger partial charge on any atom is -0.487 e. The number of rotatable bonds is 8. The smallest absolute Gasteiger partial charge is 0.238 e. The molecule has 0 spiro atoms. The van der Waals surface area contributed by atoms with Crippen molar-refractivity contribution in [1.82, 2.24) is 10.2 Å². The summed E-state index contributed by atoms with van der Waals surface area (Å²) in [4.78, 5) is 26.7. The molecule has 8 heteroatoms. The molecule has 2 amide bonds. The van der Waals surface area contributed by atoms with Gasteiger partial charge >= 0.3 is 0 Å². The van der Waals surface area contributed by atoms with Crippen LogP contribution in [0.2, 0.25) is 0 Å². The second-order valence-electron chi connectivity index (χ2n) is 9.35. The van der Waals surface area contributed by atoms with Gasteiger partial charge in [0, 0.05) is 17.2 Å².